The van der Waals surface area contributed by atoms with Crippen molar-refractivity contribution in [3.8, 4) is 5.88 Å². The van der Waals surface area contributed by atoms with Gasteiger partial charge in [-0.2, -0.15) is 0 Å². The van der Waals surface area contributed by atoms with Gasteiger partial charge in [0.05, 0.1) is 24.1 Å². The van der Waals surface area contributed by atoms with Crippen LogP contribution >= 0.6 is 0 Å². The number of ether oxygens (including phenoxy) is 1. The molecule has 2 unspecified atom stereocenters. The highest BCUT2D eigenvalue weighted by Crippen LogP contribution is 2.29. The lowest BCUT2D eigenvalue weighted by molar-refractivity contribution is 0.0671. The number of hydrogen-bond acceptors (Lipinski definition) is 6. The quantitative estimate of drug-likeness (QED) is 0.925. The van der Waals surface area contributed by atoms with E-state index in [0.717, 1.165) is 56.3 Å². The first-order valence-corrected chi connectivity index (χ1v) is 8.72. The zero-order valence-electron chi connectivity index (χ0n) is 14.1. The van der Waals surface area contributed by atoms with Crippen molar-refractivity contribution in [3.63, 3.8) is 0 Å². The average Bonchev–Trinajstić information content (AvgIpc) is 3.07. The minimum absolute atomic E-state index is 0.140. The van der Waals surface area contributed by atoms with E-state index in [1.165, 1.54) is 12.0 Å². The number of aliphatic hydroxyl groups is 1. The lowest BCUT2D eigenvalue weighted by atomic mass is 10.1. The first-order valence-electron chi connectivity index (χ1n) is 8.72. The monoisotopic (exact) mass is 328 g/mol. The molecule has 1 aromatic carbocycles. The Morgan fingerprint density at radius 2 is 1.96 bits per heavy atom. The minimum Gasteiger partial charge on any atom is -0.480 e. The molecule has 0 bridgehead atoms. The highest BCUT2D eigenvalue weighted by Gasteiger charge is 2.32. The van der Waals surface area contributed by atoms with Crippen LogP contribution in [0.3, 0.4) is 0 Å². The molecule has 1 aliphatic heterocycles. The fourth-order valence-electron chi connectivity index (χ4n) is 4.04. The molecule has 1 N–H and O–H groups in total. The van der Waals surface area contributed by atoms with E-state index < -0.39 is 0 Å². The lowest BCUT2D eigenvalue weighted by Crippen LogP contribution is -2.52. The minimum atomic E-state index is -0.140. The number of aliphatic hydroxyl groups excluding tert-OH is 1. The molecule has 1 aromatic heterocycles. The molecular weight excluding hydrogens is 304 g/mol. The molecular formula is C18H24N4O2. The summed E-state index contributed by atoms with van der Waals surface area (Å²) >= 11 is 0. The molecule has 2 atom stereocenters. The van der Waals surface area contributed by atoms with Crippen LogP contribution < -0.4 is 9.64 Å². The molecule has 2 aromatic rings. The van der Waals surface area contributed by atoms with E-state index in [0.29, 0.717) is 11.9 Å². The standard InChI is InChI=1S/C18H24N4O2/c1-24-18-14-11-13(5-6-15(14)19-12-20-18)21-7-9-22(10-8-21)16-3-2-4-17(16)23/h5-6,11-12,16-17,23H,2-4,7-10H2,1H3. The van der Waals surface area contributed by atoms with Gasteiger partial charge >= 0.3 is 0 Å². The fourth-order valence-corrected chi connectivity index (χ4v) is 4.04. The Labute approximate surface area is 142 Å². The van der Waals surface area contributed by atoms with Gasteiger partial charge in [-0.05, 0) is 37.5 Å². The van der Waals surface area contributed by atoms with Crippen LogP contribution in [-0.4, -0.2) is 65.4 Å². The summed E-state index contributed by atoms with van der Waals surface area (Å²) in [4.78, 5) is 13.3. The molecule has 0 spiro atoms. The number of methoxy groups -OCH3 is 1. The van der Waals surface area contributed by atoms with Gasteiger partial charge in [-0.15, -0.1) is 0 Å². The number of piperazine rings is 1. The molecule has 6 heteroatoms. The molecule has 0 radical (unpaired) electrons. The van der Waals surface area contributed by atoms with E-state index in [4.69, 9.17) is 4.74 Å². The predicted octanol–water partition coefficient (Wildman–Crippen LogP) is 1.67. The van der Waals surface area contributed by atoms with Crippen molar-refractivity contribution in [2.75, 3.05) is 38.2 Å². The molecule has 2 aliphatic rings. The molecule has 2 heterocycles. The van der Waals surface area contributed by atoms with Crippen LogP contribution in [0.15, 0.2) is 24.5 Å². The second kappa shape index (κ2) is 6.53. The number of nitrogens with zero attached hydrogens (tertiary/aromatic N) is 4. The summed E-state index contributed by atoms with van der Waals surface area (Å²) in [5.41, 5.74) is 2.08. The Balaban J connectivity index is 1.50. The largest absolute Gasteiger partial charge is 0.480 e. The third-order valence-corrected chi connectivity index (χ3v) is 5.37. The molecule has 0 amide bonds. The van der Waals surface area contributed by atoms with Gasteiger partial charge in [0.1, 0.15) is 6.33 Å². The Bertz CT molecular complexity index is 715. The van der Waals surface area contributed by atoms with Crippen molar-refractivity contribution < 1.29 is 9.84 Å². The molecule has 1 saturated carbocycles. The number of aromatic nitrogens is 2. The highest BCUT2D eigenvalue weighted by atomic mass is 16.5. The molecule has 1 saturated heterocycles. The van der Waals surface area contributed by atoms with Crippen molar-refractivity contribution in [2.45, 2.75) is 31.4 Å². The van der Waals surface area contributed by atoms with Crippen molar-refractivity contribution in [2.24, 2.45) is 0 Å². The topological polar surface area (TPSA) is 61.7 Å². The summed E-state index contributed by atoms with van der Waals surface area (Å²) < 4.78 is 5.36. The van der Waals surface area contributed by atoms with Crippen molar-refractivity contribution in [1.82, 2.24) is 14.9 Å². The van der Waals surface area contributed by atoms with Crippen LogP contribution in [0, 0.1) is 0 Å². The summed E-state index contributed by atoms with van der Waals surface area (Å²) in [5, 5.41) is 11.1. The van der Waals surface area contributed by atoms with Gasteiger partial charge in [0.15, 0.2) is 0 Å². The van der Waals surface area contributed by atoms with Crippen LogP contribution in [0.4, 0.5) is 5.69 Å². The molecule has 128 valence electrons. The molecule has 6 nitrogen and oxygen atoms in total. The zero-order chi connectivity index (χ0) is 16.5. The Morgan fingerprint density at radius 3 is 2.67 bits per heavy atom. The molecule has 2 fully saturated rings. The second-order valence-electron chi connectivity index (χ2n) is 6.67. The Kier molecular flexibility index (Phi) is 4.24. The Morgan fingerprint density at radius 1 is 1.12 bits per heavy atom. The van der Waals surface area contributed by atoms with E-state index in [1.54, 1.807) is 7.11 Å². The molecule has 24 heavy (non-hydrogen) atoms. The lowest BCUT2D eigenvalue weighted by Gasteiger charge is -2.40. The highest BCUT2D eigenvalue weighted by molar-refractivity contribution is 5.86. The van der Waals surface area contributed by atoms with E-state index in [-0.39, 0.29) is 6.10 Å². The summed E-state index contributed by atoms with van der Waals surface area (Å²) in [5.74, 6) is 0.620. The maximum absolute atomic E-state index is 10.1. The maximum atomic E-state index is 10.1. The van der Waals surface area contributed by atoms with Crippen molar-refractivity contribution in [1.29, 1.82) is 0 Å². The number of anilines is 1. The van der Waals surface area contributed by atoms with E-state index >= 15 is 0 Å². The van der Waals surface area contributed by atoms with Gasteiger partial charge in [0.25, 0.3) is 0 Å². The van der Waals surface area contributed by atoms with Crippen LogP contribution in [-0.2, 0) is 0 Å². The first-order chi connectivity index (χ1) is 11.8. The van der Waals surface area contributed by atoms with Crippen LogP contribution in [0.1, 0.15) is 19.3 Å². The zero-order valence-corrected chi connectivity index (χ0v) is 14.1. The number of benzene rings is 1. The second-order valence-corrected chi connectivity index (χ2v) is 6.67. The van der Waals surface area contributed by atoms with E-state index in [1.807, 2.05) is 6.07 Å². The number of fused-ring (bicyclic) bond motifs is 1. The Hall–Kier alpha value is -1.92. The van der Waals surface area contributed by atoms with Crippen LogP contribution in [0.2, 0.25) is 0 Å². The van der Waals surface area contributed by atoms with Gasteiger partial charge in [-0.25, -0.2) is 9.97 Å². The van der Waals surface area contributed by atoms with Gasteiger partial charge in [0, 0.05) is 37.9 Å². The fraction of sp³-hybridized carbons (Fsp3) is 0.556. The number of rotatable bonds is 3. The summed E-state index contributed by atoms with van der Waals surface area (Å²) in [6.45, 7) is 3.96. The van der Waals surface area contributed by atoms with Gasteiger partial charge < -0.3 is 14.7 Å². The average molecular weight is 328 g/mol. The van der Waals surface area contributed by atoms with Gasteiger partial charge in [-0.1, -0.05) is 0 Å². The third kappa shape index (κ3) is 2.80. The summed E-state index contributed by atoms with van der Waals surface area (Å²) in [6.07, 6.45) is 4.63. The molecule has 1 aliphatic carbocycles. The van der Waals surface area contributed by atoms with Gasteiger partial charge in [-0.3, -0.25) is 4.90 Å². The SMILES string of the molecule is COc1ncnc2ccc(N3CCN(C4CCCC4O)CC3)cc12. The maximum Gasteiger partial charge on any atom is 0.224 e. The normalized spacial score (nSPS) is 25.3. The first kappa shape index (κ1) is 15.6. The van der Waals surface area contributed by atoms with Gasteiger partial charge in [0.2, 0.25) is 5.88 Å². The van der Waals surface area contributed by atoms with E-state index in [9.17, 15) is 5.11 Å². The smallest absolute Gasteiger partial charge is 0.224 e. The predicted molar refractivity (Wildman–Crippen MR) is 93.5 cm³/mol. The number of hydrogen-bond donors (Lipinski definition) is 1. The van der Waals surface area contributed by atoms with Crippen LogP contribution in [0.5, 0.6) is 5.88 Å². The molecule has 4 rings (SSSR count). The summed E-state index contributed by atoms with van der Waals surface area (Å²) in [7, 11) is 1.64. The van der Waals surface area contributed by atoms with E-state index in [2.05, 4.69) is 31.9 Å². The van der Waals surface area contributed by atoms with Crippen molar-refractivity contribution >= 4 is 16.6 Å². The van der Waals surface area contributed by atoms with Crippen LogP contribution in [0.25, 0.3) is 10.9 Å². The summed E-state index contributed by atoms with van der Waals surface area (Å²) in [6, 6.07) is 6.63. The third-order valence-electron chi connectivity index (χ3n) is 5.37. The van der Waals surface area contributed by atoms with Crippen molar-refractivity contribution in [3.05, 3.63) is 24.5 Å².